The number of benzene rings is 2. The minimum Gasteiger partial charge on any atom is -0.453 e. The second kappa shape index (κ2) is 11.8. The molecule has 0 aliphatic rings. The van der Waals surface area contributed by atoms with Crippen molar-refractivity contribution in [3.05, 3.63) is 81.8 Å². The van der Waals surface area contributed by atoms with Gasteiger partial charge in [-0.1, -0.05) is 42.5 Å². The van der Waals surface area contributed by atoms with Crippen LogP contribution in [0.3, 0.4) is 0 Å². The van der Waals surface area contributed by atoms with Crippen molar-refractivity contribution < 1.29 is 27.3 Å². The molecule has 0 radical (unpaired) electrons. The summed E-state index contributed by atoms with van der Waals surface area (Å²) >= 11 is 1.40. The Kier molecular flexibility index (Phi) is 8.79. The molecule has 0 saturated heterocycles. The first-order chi connectivity index (χ1) is 16.6. The Balaban J connectivity index is 1.80. The van der Waals surface area contributed by atoms with Crippen molar-refractivity contribution in [1.82, 2.24) is 15.6 Å². The third-order valence-electron chi connectivity index (χ3n) is 4.97. The molecule has 2 amide bonds. The van der Waals surface area contributed by atoms with E-state index in [2.05, 4.69) is 15.6 Å². The molecule has 0 unspecified atom stereocenters. The maximum Gasteiger partial charge on any atom is 0.407 e. The summed E-state index contributed by atoms with van der Waals surface area (Å²) in [5.41, 5.74) is 2.68. The topological polar surface area (TPSA) is 147 Å². The van der Waals surface area contributed by atoms with Crippen LogP contribution >= 0.6 is 11.3 Å². The number of anilines is 1. The van der Waals surface area contributed by atoms with Gasteiger partial charge in [-0.05, 0) is 36.6 Å². The van der Waals surface area contributed by atoms with Crippen molar-refractivity contribution in [3.8, 4) is 0 Å². The minimum atomic E-state index is -4.38. The molecule has 2 atom stereocenters. The molecule has 3 rings (SSSR count). The molecule has 4 N–H and O–H groups in total. The summed E-state index contributed by atoms with van der Waals surface area (Å²) < 4.78 is 37.7. The van der Waals surface area contributed by atoms with Crippen LogP contribution in [0.4, 0.5) is 10.5 Å². The number of alkyl carbamates (subject to hydrolysis) is 1. The zero-order chi connectivity index (χ0) is 25.4. The average molecular weight is 519 g/mol. The van der Waals surface area contributed by atoms with Crippen molar-refractivity contribution in [3.63, 3.8) is 0 Å². The fourth-order valence-electron chi connectivity index (χ4n) is 3.36. The minimum absolute atomic E-state index is 0.201. The van der Waals surface area contributed by atoms with E-state index in [-0.39, 0.29) is 12.1 Å². The predicted octanol–water partition coefficient (Wildman–Crippen LogP) is 3.03. The highest BCUT2D eigenvalue weighted by molar-refractivity contribution is 7.87. The van der Waals surface area contributed by atoms with E-state index in [0.717, 1.165) is 16.8 Å². The van der Waals surface area contributed by atoms with Gasteiger partial charge in [0.2, 0.25) is 5.91 Å². The number of aromatic nitrogens is 1. The highest BCUT2D eigenvalue weighted by atomic mass is 32.2. The molecule has 0 spiro atoms. The number of carbonyl (C=O) groups is 2. The number of methoxy groups -OCH3 is 1. The lowest BCUT2D eigenvalue weighted by atomic mass is 10.0. The second-order valence-electron chi connectivity index (χ2n) is 7.74. The van der Waals surface area contributed by atoms with Gasteiger partial charge in [-0.15, -0.1) is 11.3 Å². The number of carbonyl (C=O) groups excluding carboxylic acids is 2. The van der Waals surface area contributed by atoms with Crippen LogP contribution in [0.5, 0.6) is 0 Å². The van der Waals surface area contributed by atoms with Crippen LogP contribution in [0.2, 0.25) is 0 Å². The number of thiazole rings is 1. The van der Waals surface area contributed by atoms with Gasteiger partial charge in [0.05, 0.1) is 18.8 Å². The summed E-state index contributed by atoms with van der Waals surface area (Å²) in [5.74, 6) is -0.401. The Bertz CT molecular complexity index is 1250. The van der Waals surface area contributed by atoms with Crippen LogP contribution < -0.4 is 15.4 Å². The molecule has 1 heterocycles. The van der Waals surface area contributed by atoms with Gasteiger partial charge in [-0.2, -0.15) is 8.42 Å². The molecule has 186 valence electrons. The molecule has 2 aromatic carbocycles. The Labute approximate surface area is 207 Å². The third kappa shape index (κ3) is 8.35. The van der Waals surface area contributed by atoms with Crippen molar-refractivity contribution in [1.29, 1.82) is 0 Å². The molecular weight excluding hydrogens is 492 g/mol. The van der Waals surface area contributed by atoms with Crippen molar-refractivity contribution in [2.75, 3.05) is 11.8 Å². The van der Waals surface area contributed by atoms with Crippen molar-refractivity contribution >= 4 is 39.3 Å². The molecule has 10 nitrogen and oxygen atoms in total. The highest BCUT2D eigenvalue weighted by Crippen LogP contribution is 2.23. The molecular formula is C23H26N4O6S2. The summed E-state index contributed by atoms with van der Waals surface area (Å²) in [5, 5.41) is 8.14. The van der Waals surface area contributed by atoms with Gasteiger partial charge in [-0.25, -0.2) is 9.78 Å². The first kappa shape index (κ1) is 26.1. The fraction of sp³-hybridized carbons (Fsp3) is 0.261. The summed E-state index contributed by atoms with van der Waals surface area (Å²) in [6, 6.07) is 14.3. The first-order valence-corrected chi connectivity index (χ1v) is 12.9. The van der Waals surface area contributed by atoms with E-state index in [1.54, 1.807) is 12.1 Å². The van der Waals surface area contributed by atoms with Gasteiger partial charge in [0, 0.05) is 17.5 Å². The number of ether oxygens (including phenoxy) is 1. The van der Waals surface area contributed by atoms with E-state index in [9.17, 15) is 18.0 Å². The lowest BCUT2D eigenvalue weighted by Crippen LogP contribution is -2.49. The average Bonchev–Trinajstić information content (AvgIpc) is 3.25. The second-order valence-corrected chi connectivity index (χ2v) is 9.79. The van der Waals surface area contributed by atoms with E-state index in [4.69, 9.17) is 9.29 Å². The Morgan fingerprint density at radius 1 is 1.03 bits per heavy atom. The van der Waals surface area contributed by atoms with E-state index in [0.29, 0.717) is 11.4 Å². The molecule has 35 heavy (non-hydrogen) atoms. The maximum atomic E-state index is 13.3. The number of amides is 2. The molecule has 0 bridgehead atoms. The SMILES string of the molecule is COC(=O)N[C@@H](Cc1ccccc1)C(=O)N[C@@H](Cc1ccc(NS(=O)(=O)O)cc1)c1nc(C)cs1. The summed E-state index contributed by atoms with van der Waals surface area (Å²) in [7, 11) is -3.15. The van der Waals surface area contributed by atoms with E-state index in [1.807, 2.05) is 47.4 Å². The Morgan fingerprint density at radius 2 is 1.69 bits per heavy atom. The largest absolute Gasteiger partial charge is 0.453 e. The molecule has 0 saturated carbocycles. The summed E-state index contributed by atoms with van der Waals surface area (Å²) in [6.45, 7) is 1.85. The van der Waals surface area contributed by atoms with Gasteiger partial charge in [0.1, 0.15) is 11.0 Å². The molecule has 0 aliphatic carbocycles. The van der Waals surface area contributed by atoms with Gasteiger partial charge >= 0.3 is 16.4 Å². The maximum absolute atomic E-state index is 13.3. The van der Waals surface area contributed by atoms with Crippen LogP contribution in [0.1, 0.15) is 27.9 Å². The molecule has 12 heteroatoms. The predicted molar refractivity (Wildman–Crippen MR) is 133 cm³/mol. The smallest absolute Gasteiger partial charge is 0.407 e. The molecule has 1 aromatic heterocycles. The van der Waals surface area contributed by atoms with Crippen molar-refractivity contribution in [2.45, 2.75) is 31.8 Å². The number of rotatable bonds is 10. The lowest BCUT2D eigenvalue weighted by Gasteiger charge is -2.22. The first-order valence-electron chi connectivity index (χ1n) is 10.6. The quantitative estimate of drug-likeness (QED) is 0.302. The van der Waals surface area contributed by atoms with Gasteiger partial charge in [0.25, 0.3) is 0 Å². The van der Waals surface area contributed by atoms with Gasteiger partial charge in [0.15, 0.2) is 0 Å². The summed E-state index contributed by atoms with van der Waals surface area (Å²) in [6.07, 6.45) is -0.0904. The normalized spacial score (nSPS) is 12.9. The van der Waals surface area contributed by atoms with E-state index in [1.165, 1.54) is 30.6 Å². The number of aryl methyl sites for hydroxylation is 1. The monoisotopic (exact) mass is 518 g/mol. The Morgan fingerprint density at radius 3 is 2.26 bits per heavy atom. The number of nitrogens with one attached hydrogen (secondary N) is 3. The number of hydrogen-bond acceptors (Lipinski definition) is 7. The van der Waals surface area contributed by atoms with E-state index >= 15 is 0 Å². The lowest BCUT2D eigenvalue weighted by molar-refractivity contribution is -0.123. The summed E-state index contributed by atoms with van der Waals surface area (Å²) in [4.78, 5) is 29.7. The van der Waals surface area contributed by atoms with Crippen LogP contribution in [0, 0.1) is 6.92 Å². The van der Waals surface area contributed by atoms with Crippen molar-refractivity contribution in [2.24, 2.45) is 0 Å². The zero-order valence-electron chi connectivity index (χ0n) is 19.1. The van der Waals surface area contributed by atoms with Crippen LogP contribution in [0.15, 0.2) is 60.0 Å². The van der Waals surface area contributed by atoms with Gasteiger partial charge in [-0.3, -0.25) is 14.1 Å². The van der Waals surface area contributed by atoms with E-state index < -0.39 is 34.4 Å². The number of nitrogens with zero attached hydrogens (tertiary/aromatic N) is 1. The van der Waals surface area contributed by atoms with Crippen LogP contribution in [-0.4, -0.2) is 43.1 Å². The standard InChI is InChI=1S/C23H26N4O6S2/c1-15-14-34-22(24-15)20(13-17-8-10-18(11-9-17)27-35(30,31)32)25-21(28)19(26-23(29)33-2)12-16-6-4-3-5-7-16/h3-11,14,19-20,27H,12-13H2,1-2H3,(H,25,28)(H,26,29)(H,30,31,32)/t19-,20-/m0/s1. The zero-order valence-corrected chi connectivity index (χ0v) is 20.7. The number of hydrogen-bond donors (Lipinski definition) is 4. The molecule has 3 aromatic rings. The Hall–Kier alpha value is -3.48. The third-order valence-corrected chi connectivity index (χ3v) is 6.54. The molecule has 0 fully saturated rings. The van der Waals surface area contributed by atoms with Crippen LogP contribution in [-0.2, 0) is 32.7 Å². The van der Waals surface area contributed by atoms with Crippen LogP contribution in [0.25, 0.3) is 0 Å². The fourth-order valence-corrected chi connectivity index (χ4v) is 4.64. The highest BCUT2D eigenvalue weighted by Gasteiger charge is 2.26. The van der Waals surface area contributed by atoms with Gasteiger partial charge < -0.3 is 15.4 Å². The molecule has 0 aliphatic heterocycles.